The summed E-state index contributed by atoms with van der Waals surface area (Å²) in [6.07, 6.45) is 7.98. The zero-order valence-corrected chi connectivity index (χ0v) is 30.8. The molecule has 0 aromatic heterocycles. The van der Waals surface area contributed by atoms with Crippen LogP contribution in [0.15, 0.2) is 71.8 Å². The van der Waals surface area contributed by atoms with E-state index >= 15 is 0 Å². The monoisotopic (exact) mass is 634 g/mol. The molecule has 2 aliphatic carbocycles. The van der Waals surface area contributed by atoms with E-state index in [4.69, 9.17) is 0 Å². The zero-order chi connectivity index (χ0) is 31.5. The third-order valence-corrected chi connectivity index (χ3v) is 8.83. The molecule has 0 aliphatic heterocycles. The van der Waals surface area contributed by atoms with E-state index in [2.05, 4.69) is 160 Å². The van der Waals surface area contributed by atoms with Crippen LogP contribution in [0.3, 0.4) is 0 Å². The maximum absolute atomic E-state index is 3.67. The first-order valence-corrected chi connectivity index (χ1v) is 17.0. The van der Waals surface area contributed by atoms with Gasteiger partial charge in [0.25, 0.3) is 0 Å². The topological polar surface area (TPSA) is 0 Å². The van der Waals surface area contributed by atoms with Crippen molar-refractivity contribution in [3.63, 3.8) is 0 Å². The molecule has 0 heterocycles. The third kappa shape index (κ3) is 8.95. The predicted molar refractivity (Wildman–Crippen MR) is 181 cm³/mol. The average molecular weight is 636 g/mol. The van der Waals surface area contributed by atoms with Crippen molar-refractivity contribution >= 4 is 3.71 Å². The van der Waals surface area contributed by atoms with Crippen molar-refractivity contribution < 1.29 is 24.2 Å². The summed E-state index contributed by atoms with van der Waals surface area (Å²) in [6.45, 7) is 26.9. The summed E-state index contributed by atoms with van der Waals surface area (Å²) in [6, 6.07) is 23.7. The molecule has 2 aliphatic rings. The van der Waals surface area contributed by atoms with Gasteiger partial charge in [-0.1, -0.05) is 118 Å². The number of hydrogen-bond donors (Lipinski definition) is 0. The number of fused-ring (bicyclic) bond motifs is 3. The van der Waals surface area contributed by atoms with Gasteiger partial charge in [0.2, 0.25) is 0 Å². The van der Waals surface area contributed by atoms with E-state index in [1.807, 2.05) is 0 Å². The Balaban J connectivity index is 0.000000194. The summed E-state index contributed by atoms with van der Waals surface area (Å²) < 4.78 is 2.19. The number of benzene rings is 3. The molecule has 1 unspecified atom stereocenters. The van der Waals surface area contributed by atoms with E-state index in [0.717, 1.165) is 12.8 Å². The Labute approximate surface area is 273 Å². The Hall–Kier alpha value is -2.11. The Morgan fingerprint density at radius 2 is 1.43 bits per heavy atom. The molecule has 3 aromatic carbocycles. The predicted octanol–water partition coefficient (Wildman–Crippen LogP) is 11.1. The first kappa shape index (κ1) is 34.4. The van der Waals surface area contributed by atoms with Gasteiger partial charge < -0.3 is 0 Å². The molecular formula is C41H52Zr. The van der Waals surface area contributed by atoms with Crippen LogP contribution in [0.4, 0.5) is 0 Å². The molecular weight excluding hydrogens is 584 g/mol. The Morgan fingerprint density at radius 3 is 1.93 bits per heavy atom. The Bertz CT molecular complexity index is 1380. The van der Waals surface area contributed by atoms with Crippen LogP contribution in [-0.2, 0) is 41.5 Å². The molecule has 3 aromatic rings. The van der Waals surface area contributed by atoms with Gasteiger partial charge in [0.15, 0.2) is 0 Å². The van der Waals surface area contributed by atoms with Gasteiger partial charge in [0.1, 0.15) is 0 Å². The second-order valence-electron chi connectivity index (χ2n) is 15.0. The molecule has 42 heavy (non-hydrogen) atoms. The molecule has 5 rings (SSSR count). The molecule has 1 atom stereocenters. The summed E-state index contributed by atoms with van der Waals surface area (Å²) in [5, 5.41) is 0. The standard InChI is InChI=1S/C21H25.C12H19.C8H8.Zr/c1-20(2,3)16-7-9-18-14(12-16)11-15-13-17(21(4,5)6)8-10-19(15)18;1-6-10-7-9(2)8-11(10)12(3,4)5;1-7-3-5-8(2)6-4-7;/h7-10,12H,11H2,1-6H3;8-9H,6H2,1-5H3;1,3-6H,2H3;/q2*-1;;+2. The van der Waals surface area contributed by atoms with Gasteiger partial charge in [-0.25, -0.2) is 5.57 Å². The van der Waals surface area contributed by atoms with E-state index in [9.17, 15) is 0 Å². The van der Waals surface area contributed by atoms with Crippen LogP contribution in [0.25, 0.3) is 11.1 Å². The van der Waals surface area contributed by atoms with Crippen LogP contribution < -0.4 is 0 Å². The molecule has 0 amide bonds. The zero-order valence-electron chi connectivity index (χ0n) is 28.3. The van der Waals surface area contributed by atoms with E-state index in [0.29, 0.717) is 11.3 Å². The van der Waals surface area contributed by atoms with Crippen molar-refractivity contribution in [2.45, 2.75) is 107 Å². The second kappa shape index (κ2) is 13.7. The molecule has 0 nitrogen and oxygen atoms in total. The van der Waals surface area contributed by atoms with Crippen LogP contribution in [0.5, 0.6) is 0 Å². The van der Waals surface area contributed by atoms with Gasteiger partial charge in [-0.2, -0.15) is 35.4 Å². The van der Waals surface area contributed by atoms with E-state index in [1.54, 1.807) is 0 Å². The van der Waals surface area contributed by atoms with Gasteiger partial charge in [-0.05, 0) is 28.4 Å². The van der Waals surface area contributed by atoms with Crippen LogP contribution >= 0.6 is 0 Å². The minimum atomic E-state index is 0.167. The normalized spacial score (nSPS) is 15.8. The van der Waals surface area contributed by atoms with Gasteiger partial charge >= 0.3 is 70.3 Å². The quantitative estimate of drug-likeness (QED) is 0.192. The second-order valence-corrected chi connectivity index (χ2v) is 15.7. The number of allylic oxidation sites excluding steroid dienone is 4. The maximum atomic E-state index is 3.67. The SMILES string of the molecule is CC(C)(C)c1[c-]c2c(cc1)-c1ccc(C(C)(C)C)cc1C2.CCC1=[C-]C(C)C=C1C(C)(C)C.Cc1ccc([CH]=[Zr+2])cc1. The number of hydrogen-bond acceptors (Lipinski definition) is 0. The summed E-state index contributed by atoms with van der Waals surface area (Å²) in [5.41, 5.74) is 14.6. The Morgan fingerprint density at radius 1 is 0.810 bits per heavy atom. The fraction of sp³-hybridized carbons (Fsp3) is 0.439. The molecule has 0 bridgehead atoms. The van der Waals surface area contributed by atoms with Crippen molar-refractivity contribution in [1.29, 1.82) is 0 Å². The fourth-order valence-electron chi connectivity index (χ4n) is 5.43. The Kier molecular flexibility index (Phi) is 11.2. The van der Waals surface area contributed by atoms with Crippen LogP contribution in [-0.4, -0.2) is 3.71 Å². The molecule has 0 spiro atoms. The summed E-state index contributed by atoms with van der Waals surface area (Å²) in [4.78, 5) is 0. The van der Waals surface area contributed by atoms with E-state index in [1.165, 1.54) is 79.9 Å². The molecule has 0 saturated heterocycles. The van der Waals surface area contributed by atoms with E-state index in [-0.39, 0.29) is 10.8 Å². The third-order valence-electron chi connectivity index (χ3n) is 8.01. The van der Waals surface area contributed by atoms with Crippen molar-refractivity contribution in [3.8, 4) is 11.1 Å². The molecule has 0 N–H and O–H groups in total. The van der Waals surface area contributed by atoms with Gasteiger partial charge in [-0.15, -0.1) is 11.1 Å². The molecule has 0 fully saturated rings. The summed E-state index contributed by atoms with van der Waals surface area (Å²) in [5.74, 6) is 0.522. The van der Waals surface area contributed by atoms with Gasteiger partial charge in [0, 0.05) is 0 Å². The molecule has 220 valence electrons. The minimum absolute atomic E-state index is 0.167. The number of rotatable bonds is 2. The first-order chi connectivity index (χ1) is 19.4. The molecule has 0 radical (unpaired) electrons. The molecule has 1 heteroatoms. The summed E-state index contributed by atoms with van der Waals surface area (Å²) in [7, 11) is 0. The van der Waals surface area contributed by atoms with Crippen molar-refractivity contribution in [3.05, 3.63) is 117 Å². The van der Waals surface area contributed by atoms with Crippen molar-refractivity contribution in [2.24, 2.45) is 11.3 Å². The van der Waals surface area contributed by atoms with Crippen molar-refractivity contribution in [1.82, 2.24) is 0 Å². The summed E-state index contributed by atoms with van der Waals surface area (Å²) >= 11 is 1.47. The first-order valence-electron chi connectivity index (χ1n) is 15.6. The van der Waals surface area contributed by atoms with Crippen LogP contribution in [0.2, 0.25) is 0 Å². The van der Waals surface area contributed by atoms with Gasteiger partial charge in [0.05, 0.1) is 0 Å². The fourth-order valence-corrected chi connectivity index (χ4v) is 5.90. The van der Waals surface area contributed by atoms with Crippen LogP contribution in [0, 0.1) is 30.4 Å². The number of aryl methyl sites for hydroxylation is 1. The molecule has 0 saturated carbocycles. The van der Waals surface area contributed by atoms with Gasteiger partial charge in [-0.3, -0.25) is 6.08 Å². The average Bonchev–Trinajstić information content (AvgIpc) is 3.48. The van der Waals surface area contributed by atoms with Crippen molar-refractivity contribution in [2.75, 3.05) is 0 Å². The van der Waals surface area contributed by atoms with E-state index < -0.39 is 0 Å². The van der Waals surface area contributed by atoms with Crippen LogP contribution in [0.1, 0.15) is 116 Å².